The highest BCUT2D eigenvalue weighted by Gasteiger charge is 2.12. The third-order valence-corrected chi connectivity index (χ3v) is 2.88. The van der Waals surface area contributed by atoms with E-state index in [1.165, 1.54) is 30.3 Å². The minimum Gasteiger partial charge on any atom is -0.478 e. The van der Waals surface area contributed by atoms with E-state index in [0.29, 0.717) is 5.02 Å². The Morgan fingerprint density at radius 1 is 1.05 bits per heavy atom. The molecule has 0 fully saturated rings. The number of hydrogen-bond acceptors (Lipinski definition) is 2. The van der Waals surface area contributed by atoms with Crippen LogP contribution in [0.25, 0.3) is 0 Å². The first-order chi connectivity index (χ1) is 8.97. The van der Waals surface area contributed by atoms with E-state index in [1.807, 2.05) is 0 Å². The maximum absolute atomic E-state index is 13.6. The molecule has 0 unspecified atom stereocenters. The van der Waals surface area contributed by atoms with Gasteiger partial charge in [0.1, 0.15) is 5.82 Å². The summed E-state index contributed by atoms with van der Waals surface area (Å²) in [5, 5.41) is 12.3. The van der Waals surface area contributed by atoms with Crippen molar-refractivity contribution in [2.24, 2.45) is 0 Å². The van der Waals surface area contributed by atoms with E-state index in [1.54, 1.807) is 0 Å². The number of rotatable bonds is 3. The van der Waals surface area contributed by atoms with Gasteiger partial charge in [-0.1, -0.05) is 23.2 Å². The van der Waals surface area contributed by atoms with Crippen LogP contribution in [-0.2, 0) is 0 Å². The molecule has 6 heteroatoms. The van der Waals surface area contributed by atoms with Crippen LogP contribution in [0.1, 0.15) is 10.4 Å². The molecular weight excluding hydrogens is 292 g/mol. The van der Waals surface area contributed by atoms with Crippen molar-refractivity contribution in [2.75, 3.05) is 5.32 Å². The minimum atomic E-state index is -1.15. The van der Waals surface area contributed by atoms with E-state index < -0.39 is 11.8 Å². The second-order valence-electron chi connectivity index (χ2n) is 3.74. The number of hydrogen-bond donors (Lipinski definition) is 2. The predicted molar refractivity (Wildman–Crippen MR) is 73.1 cm³/mol. The molecule has 0 atom stereocenters. The maximum Gasteiger partial charge on any atom is 0.337 e. The molecule has 0 radical (unpaired) electrons. The Kier molecular flexibility index (Phi) is 3.93. The molecule has 98 valence electrons. The zero-order chi connectivity index (χ0) is 14.0. The Labute approximate surface area is 118 Å². The van der Waals surface area contributed by atoms with Gasteiger partial charge in [-0.25, -0.2) is 9.18 Å². The molecular formula is C13H8Cl2FNO2. The molecule has 0 spiro atoms. The average molecular weight is 300 g/mol. The summed E-state index contributed by atoms with van der Waals surface area (Å²) in [6.45, 7) is 0. The van der Waals surface area contributed by atoms with Gasteiger partial charge < -0.3 is 10.4 Å². The predicted octanol–water partition coefficient (Wildman–Crippen LogP) is 4.57. The first kappa shape index (κ1) is 13.6. The van der Waals surface area contributed by atoms with Crippen LogP contribution in [0.5, 0.6) is 0 Å². The number of anilines is 2. The zero-order valence-electron chi connectivity index (χ0n) is 9.45. The summed E-state index contributed by atoms with van der Waals surface area (Å²) in [6.07, 6.45) is 0. The van der Waals surface area contributed by atoms with E-state index in [9.17, 15) is 9.18 Å². The molecule has 0 bridgehead atoms. The lowest BCUT2D eigenvalue weighted by Crippen LogP contribution is -2.03. The lowest BCUT2D eigenvalue weighted by molar-refractivity contribution is 0.0698. The summed E-state index contributed by atoms with van der Waals surface area (Å²) < 4.78 is 13.6. The van der Waals surface area contributed by atoms with Gasteiger partial charge in [-0.05, 0) is 36.4 Å². The van der Waals surface area contributed by atoms with Crippen molar-refractivity contribution < 1.29 is 14.3 Å². The van der Waals surface area contributed by atoms with Gasteiger partial charge in [0, 0.05) is 10.0 Å². The molecule has 0 amide bonds. The Bertz CT molecular complexity index is 647. The second kappa shape index (κ2) is 5.47. The number of carboxylic acid groups (broad SMARTS) is 1. The van der Waals surface area contributed by atoms with Crippen molar-refractivity contribution in [1.82, 2.24) is 0 Å². The van der Waals surface area contributed by atoms with Gasteiger partial charge in [-0.3, -0.25) is 0 Å². The van der Waals surface area contributed by atoms with Crippen LogP contribution >= 0.6 is 23.2 Å². The third kappa shape index (κ3) is 3.16. The summed E-state index contributed by atoms with van der Waals surface area (Å²) in [5.74, 6) is -1.72. The molecule has 0 aliphatic carbocycles. The van der Waals surface area contributed by atoms with Gasteiger partial charge >= 0.3 is 5.97 Å². The van der Waals surface area contributed by atoms with E-state index in [4.69, 9.17) is 28.3 Å². The van der Waals surface area contributed by atoms with Crippen LogP contribution in [0.3, 0.4) is 0 Å². The van der Waals surface area contributed by atoms with Crippen LogP contribution in [0.15, 0.2) is 36.4 Å². The lowest BCUT2D eigenvalue weighted by atomic mass is 10.1. The molecule has 19 heavy (non-hydrogen) atoms. The fraction of sp³-hybridized carbons (Fsp3) is 0. The third-order valence-electron chi connectivity index (χ3n) is 2.41. The van der Waals surface area contributed by atoms with E-state index in [0.717, 1.165) is 6.07 Å². The highest BCUT2D eigenvalue weighted by Crippen LogP contribution is 2.27. The molecule has 2 N–H and O–H groups in total. The Morgan fingerprint density at radius 2 is 1.63 bits per heavy atom. The summed E-state index contributed by atoms with van der Waals surface area (Å²) in [6, 6.07) is 8.35. The van der Waals surface area contributed by atoms with Crippen molar-refractivity contribution in [3.8, 4) is 0 Å². The quantitative estimate of drug-likeness (QED) is 0.872. The SMILES string of the molecule is O=C(O)c1cc(Cl)ccc1Nc1ccc(Cl)cc1F. The zero-order valence-corrected chi connectivity index (χ0v) is 11.0. The Balaban J connectivity index is 2.40. The molecule has 2 rings (SSSR count). The number of halogens is 3. The molecule has 0 aliphatic rings. The normalized spacial score (nSPS) is 10.3. The van der Waals surface area contributed by atoms with Crippen LogP contribution in [0.2, 0.25) is 10.0 Å². The van der Waals surface area contributed by atoms with Gasteiger partial charge in [0.15, 0.2) is 0 Å². The van der Waals surface area contributed by atoms with Crippen molar-refractivity contribution in [3.05, 3.63) is 57.8 Å². The summed E-state index contributed by atoms with van der Waals surface area (Å²) in [4.78, 5) is 11.1. The average Bonchev–Trinajstić information content (AvgIpc) is 2.34. The van der Waals surface area contributed by atoms with E-state index in [-0.39, 0.29) is 22.0 Å². The Morgan fingerprint density at radius 3 is 2.21 bits per heavy atom. The van der Waals surface area contributed by atoms with Gasteiger partial charge in [0.05, 0.1) is 16.9 Å². The maximum atomic E-state index is 13.6. The number of carbonyl (C=O) groups is 1. The fourth-order valence-corrected chi connectivity index (χ4v) is 1.87. The van der Waals surface area contributed by atoms with Crippen LogP contribution < -0.4 is 5.32 Å². The van der Waals surface area contributed by atoms with E-state index in [2.05, 4.69) is 5.32 Å². The largest absolute Gasteiger partial charge is 0.478 e. The lowest BCUT2D eigenvalue weighted by Gasteiger charge is -2.11. The highest BCUT2D eigenvalue weighted by atomic mass is 35.5. The highest BCUT2D eigenvalue weighted by molar-refractivity contribution is 6.31. The van der Waals surface area contributed by atoms with Crippen LogP contribution in [0.4, 0.5) is 15.8 Å². The van der Waals surface area contributed by atoms with Crippen LogP contribution in [0, 0.1) is 5.82 Å². The monoisotopic (exact) mass is 299 g/mol. The van der Waals surface area contributed by atoms with Crippen molar-refractivity contribution in [1.29, 1.82) is 0 Å². The summed E-state index contributed by atoms with van der Waals surface area (Å²) >= 11 is 11.4. The fourth-order valence-electron chi connectivity index (χ4n) is 1.54. The van der Waals surface area contributed by atoms with Crippen molar-refractivity contribution in [2.45, 2.75) is 0 Å². The molecule has 2 aromatic rings. The van der Waals surface area contributed by atoms with Gasteiger partial charge in [-0.15, -0.1) is 0 Å². The van der Waals surface area contributed by atoms with Gasteiger partial charge in [0.2, 0.25) is 0 Å². The van der Waals surface area contributed by atoms with Crippen molar-refractivity contribution in [3.63, 3.8) is 0 Å². The summed E-state index contributed by atoms with van der Waals surface area (Å²) in [7, 11) is 0. The standard InChI is InChI=1S/C13H8Cl2FNO2/c14-7-1-3-11(9(5-7)13(18)19)17-12-4-2-8(15)6-10(12)16/h1-6,17H,(H,18,19). The number of aromatic carboxylic acids is 1. The molecule has 0 heterocycles. The molecule has 0 saturated heterocycles. The first-order valence-corrected chi connectivity index (χ1v) is 5.98. The minimum absolute atomic E-state index is 0.0400. The number of benzene rings is 2. The number of nitrogens with one attached hydrogen (secondary N) is 1. The molecule has 0 aliphatic heterocycles. The molecule has 2 aromatic carbocycles. The van der Waals surface area contributed by atoms with Crippen LogP contribution in [-0.4, -0.2) is 11.1 Å². The molecule has 0 saturated carbocycles. The van der Waals surface area contributed by atoms with E-state index >= 15 is 0 Å². The molecule has 0 aromatic heterocycles. The number of carboxylic acids is 1. The van der Waals surface area contributed by atoms with Gasteiger partial charge in [-0.2, -0.15) is 0 Å². The second-order valence-corrected chi connectivity index (χ2v) is 4.62. The first-order valence-electron chi connectivity index (χ1n) is 5.22. The van der Waals surface area contributed by atoms with Crippen molar-refractivity contribution >= 4 is 40.5 Å². The molecule has 3 nitrogen and oxygen atoms in total. The topological polar surface area (TPSA) is 49.3 Å². The smallest absolute Gasteiger partial charge is 0.337 e. The van der Waals surface area contributed by atoms with Gasteiger partial charge in [0.25, 0.3) is 0 Å². The summed E-state index contributed by atoms with van der Waals surface area (Å²) in [5.41, 5.74) is 0.342. The Hall–Kier alpha value is -1.78.